The van der Waals surface area contributed by atoms with Gasteiger partial charge in [-0.05, 0) is 76.8 Å². The number of rotatable bonds is 4. The summed E-state index contributed by atoms with van der Waals surface area (Å²) in [5.74, 6) is 0. The molecule has 0 radical (unpaired) electrons. The van der Waals surface area contributed by atoms with E-state index in [4.69, 9.17) is 4.42 Å². The number of nitrogens with zero attached hydrogens (tertiary/aromatic N) is 2. The second kappa shape index (κ2) is 10.1. The van der Waals surface area contributed by atoms with Crippen LogP contribution in [0, 0.1) is 0 Å². The van der Waals surface area contributed by atoms with Crippen LogP contribution in [0.3, 0.4) is 0 Å². The Labute approximate surface area is 271 Å². The summed E-state index contributed by atoms with van der Waals surface area (Å²) in [4.78, 5) is 2.33. The van der Waals surface area contributed by atoms with Gasteiger partial charge in [0, 0.05) is 44.0 Å². The molecule has 0 atom stereocenters. The predicted octanol–water partition coefficient (Wildman–Crippen LogP) is 12.5. The van der Waals surface area contributed by atoms with Crippen molar-refractivity contribution in [1.29, 1.82) is 0 Å². The zero-order valence-electron chi connectivity index (χ0n) is 25.5. The van der Waals surface area contributed by atoms with Crippen molar-refractivity contribution in [2.75, 3.05) is 4.90 Å². The van der Waals surface area contributed by atoms with E-state index in [1.807, 2.05) is 0 Å². The molecule has 2 heterocycles. The van der Waals surface area contributed by atoms with Crippen LogP contribution in [0.5, 0.6) is 0 Å². The molecule has 0 aliphatic heterocycles. The fourth-order valence-electron chi connectivity index (χ4n) is 7.38. The van der Waals surface area contributed by atoms with Crippen LogP contribution in [0.25, 0.3) is 71.0 Å². The maximum absolute atomic E-state index is 6.85. The number of aromatic nitrogens is 1. The van der Waals surface area contributed by atoms with Gasteiger partial charge in [0.2, 0.25) is 0 Å². The third-order valence-corrected chi connectivity index (χ3v) is 9.51. The van der Waals surface area contributed by atoms with Gasteiger partial charge < -0.3 is 13.9 Å². The van der Waals surface area contributed by atoms with Crippen molar-refractivity contribution < 1.29 is 4.42 Å². The van der Waals surface area contributed by atoms with Crippen molar-refractivity contribution in [2.24, 2.45) is 0 Å². The Bertz CT molecular complexity index is 2790. The van der Waals surface area contributed by atoms with E-state index in [9.17, 15) is 0 Å². The van der Waals surface area contributed by atoms with Crippen molar-refractivity contribution in [3.05, 3.63) is 170 Å². The number of anilines is 3. The van der Waals surface area contributed by atoms with Gasteiger partial charge in [-0.15, -0.1) is 0 Å². The largest absolute Gasteiger partial charge is 0.453 e. The smallest absolute Gasteiger partial charge is 0.159 e. The van der Waals surface area contributed by atoms with Gasteiger partial charge >= 0.3 is 0 Å². The van der Waals surface area contributed by atoms with Gasteiger partial charge in [-0.1, -0.05) is 109 Å². The Balaban J connectivity index is 1.28. The van der Waals surface area contributed by atoms with Crippen LogP contribution in [0.15, 0.2) is 174 Å². The van der Waals surface area contributed by atoms with E-state index >= 15 is 0 Å². The fraction of sp³-hybridized carbons (Fsp3) is 0. The first-order valence-electron chi connectivity index (χ1n) is 16.0. The number of benzene rings is 8. The van der Waals surface area contributed by atoms with Gasteiger partial charge in [0.25, 0.3) is 0 Å². The lowest BCUT2D eigenvalue weighted by molar-refractivity contribution is 0.673. The lowest BCUT2D eigenvalue weighted by Gasteiger charge is -2.25. The van der Waals surface area contributed by atoms with E-state index in [-0.39, 0.29) is 0 Å². The van der Waals surface area contributed by atoms with Crippen molar-refractivity contribution in [1.82, 2.24) is 4.57 Å². The summed E-state index contributed by atoms with van der Waals surface area (Å²) in [7, 11) is 0. The van der Waals surface area contributed by atoms with E-state index in [1.54, 1.807) is 0 Å². The quantitative estimate of drug-likeness (QED) is 0.200. The molecule has 0 saturated heterocycles. The number of hydrogen-bond acceptors (Lipinski definition) is 2. The van der Waals surface area contributed by atoms with Crippen molar-refractivity contribution in [3.8, 4) is 5.69 Å². The van der Waals surface area contributed by atoms with Crippen LogP contribution in [0.2, 0.25) is 0 Å². The van der Waals surface area contributed by atoms with E-state index in [0.29, 0.717) is 0 Å². The van der Waals surface area contributed by atoms with Crippen LogP contribution in [0.1, 0.15) is 0 Å². The molecule has 10 rings (SSSR count). The molecule has 10 aromatic rings. The molecule has 0 aliphatic rings. The molecule has 0 fully saturated rings. The second-order valence-electron chi connectivity index (χ2n) is 12.2. The molecular formula is C44H28N2O. The number of furan rings is 1. The van der Waals surface area contributed by atoms with Gasteiger partial charge in [-0.2, -0.15) is 0 Å². The van der Waals surface area contributed by atoms with Gasteiger partial charge in [0.1, 0.15) is 5.58 Å². The zero-order chi connectivity index (χ0) is 30.9. The Morgan fingerprint density at radius 1 is 0.383 bits per heavy atom. The van der Waals surface area contributed by atoms with Crippen LogP contribution in [0.4, 0.5) is 17.1 Å². The first-order valence-corrected chi connectivity index (χ1v) is 16.0. The number of para-hydroxylation sites is 3. The zero-order valence-corrected chi connectivity index (χ0v) is 25.5. The lowest BCUT2D eigenvalue weighted by Crippen LogP contribution is -2.10. The molecule has 3 nitrogen and oxygen atoms in total. The van der Waals surface area contributed by atoms with Crippen LogP contribution in [-0.4, -0.2) is 4.57 Å². The highest BCUT2D eigenvalue weighted by molar-refractivity contribution is 6.18. The van der Waals surface area contributed by atoms with Gasteiger partial charge in [-0.3, -0.25) is 0 Å². The first kappa shape index (κ1) is 26.0. The minimum atomic E-state index is 0.873. The van der Waals surface area contributed by atoms with E-state index in [1.165, 1.54) is 32.4 Å². The summed E-state index contributed by atoms with van der Waals surface area (Å²) < 4.78 is 9.25. The minimum Gasteiger partial charge on any atom is -0.453 e. The first-order chi connectivity index (χ1) is 23.3. The maximum atomic E-state index is 6.85. The molecule has 0 unspecified atom stereocenters. The predicted molar refractivity (Wildman–Crippen MR) is 198 cm³/mol. The van der Waals surface area contributed by atoms with Gasteiger partial charge in [-0.25, -0.2) is 0 Å². The van der Waals surface area contributed by atoms with Crippen molar-refractivity contribution >= 4 is 82.4 Å². The van der Waals surface area contributed by atoms with E-state index in [2.05, 4.69) is 179 Å². The highest BCUT2D eigenvalue weighted by Crippen LogP contribution is 2.45. The molecule has 220 valence electrons. The maximum Gasteiger partial charge on any atom is 0.159 e. The summed E-state index contributed by atoms with van der Waals surface area (Å²) in [6.07, 6.45) is 0. The number of hydrogen-bond donors (Lipinski definition) is 0. The standard InChI is InChI=1S/C44H28N2O/c1-3-15-32(16-4-1)45(40-21-11-20-37-38-24-22-29-12-9-10-19-35(29)43(38)47-44(37)40)34-23-25-36-39-26-30-13-7-8-14-31(30)27-41(39)46(42(36)28-34)33-17-5-2-6-18-33/h1-28H. The topological polar surface area (TPSA) is 21.3 Å². The Kier molecular flexibility index (Phi) is 5.57. The van der Waals surface area contributed by atoms with Crippen LogP contribution in [-0.2, 0) is 0 Å². The van der Waals surface area contributed by atoms with Crippen molar-refractivity contribution in [2.45, 2.75) is 0 Å². The highest BCUT2D eigenvalue weighted by atomic mass is 16.3. The molecule has 8 aromatic carbocycles. The molecule has 0 bridgehead atoms. The Hall–Kier alpha value is -6.32. The molecule has 47 heavy (non-hydrogen) atoms. The second-order valence-corrected chi connectivity index (χ2v) is 12.2. The number of fused-ring (bicyclic) bond motifs is 9. The summed E-state index contributed by atoms with van der Waals surface area (Å²) in [5, 5.41) is 9.47. The van der Waals surface area contributed by atoms with Gasteiger partial charge in [0.15, 0.2) is 5.58 Å². The summed E-state index contributed by atoms with van der Waals surface area (Å²) in [5.41, 5.74) is 8.41. The van der Waals surface area contributed by atoms with E-state index in [0.717, 1.165) is 55.6 Å². The molecule has 0 amide bonds. The molecule has 0 aliphatic carbocycles. The monoisotopic (exact) mass is 600 g/mol. The molecule has 3 heteroatoms. The van der Waals surface area contributed by atoms with E-state index < -0.39 is 0 Å². The van der Waals surface area contributed by atoms with Gasteiger partial charge in [0.05, 0.1) is 16.7 Å². The molecule has 0 saturated carbocycles. The molecular weight excluding hydrogens is 572 g/mol. The third-order valence-electron chi connectivity index (χ3n) is 9.51. The normalized spacial score (nSPS) is 11.8. The molecule has 0 N–H and O–H groups in total. The summed E-state index contributed by atoms with van der Waals surface area (Å²) >= 11 is 0. The van der Waals surface area contributed by atoms with Crippen molar-refractivity contribution in [3.63, 3.8) is 0 Å². The molecule has 0 spiro atoms. The summed E-state index contributed by atoms with van der Waals surface area (Å²) in [6.45, 7) is 0. The fourth-order valence-corrected chi connectivity index (χ4v) is 7.38. The van der Waals surface area contributed by atoms with Crippen LogP contribution < -0.4 is 4.90 Å². The lowest BCUT2D eigenvalue weighted by atomic mass is 10.0. The molecule has 2 aromatic heterocycles. The highest BCUT2D eigenvalue weighted by Gasteiger charge is 2.22. The average Bonchev–Trinajstić information content (AvgIpc) is 3.67. The average molecular weight is 601 g/mol. The van der Waals surface area contributed by atoms with Crippen LogP contribution >= 0.6 is 0 Å². The minimum absolute atomic E-state index is 0.873. The summed E-state index contributed by atoms with van der Waals surface area (Å²) in [6, 6.07) is 60.7. The Morgan fingerprint density at radius 2 is 1.02 bits per heavy atom. The Morgan fingerprint density at radius 3 is 1.85 bits per heavy atom. The third kappa shape index (κ3) is 3.93. The SMILES string of the molecule is c1ccc(N(c2ccc3c4cc5ccccc5cc4n(-c4ccccc4)c3c2)c2cccc3c2oc2c4ccccc4ccc32)cc1.